The Kier molecular flexibility index (Phi) is 5.22. The molecule has 1 aliphatic rings. The first-order valence-electron chi connectivity index (χ1n) is 9.54. The molecule has 0 radical (unpaired) electrons. The average molecular weight is 473 g/mol. The molecule has 3 N–H and O–H groups in total. The van der Waals surface area contributed by atoms with E-state index in [-0.39, 0.29) is 22.9 Å². The normalized spacial score (nSPS) is 17.0. The molecule has 1 amide bonds. The van der Waals surface area contributed by atoms with E-state index in [2.05, 4.69) is 20.4 Å². The molecule has 0 aromatic carbocycles. The first kappa shape index (κ1) is 22.8. The van der Waals surface area contributed by atoms with Crippen molar-refractivity contribution in [1.82, 2.24) is 24.3 Å². The lowest BCUT2D eigenvalue weighted by atomic mass is 9.72. The lowest BCUT2D eigenvalue weighted by Crippen LogP contribution is -2.55. The second-order valence-electron chi connectivity index (χ2n) is 7.94. The van der Waals surface area contributed by atoms with Crippen LogP contribution in [0.5, 0.6) is 0 Å². The van der Waals surface area contributed by atoms with Crippen molar-refractivity contribution in [1.29, 1.82) is 0 Å². The van der Waals surface area contributed by atoms with Crippen LogP contribution >= 0.6 is 0 Å². The molecule has 1 fully saturated rings. The summed E-state index contributed by atoms with van der Waals surface area (Å²) in [5.41, 5.74) is 3.72. The van der Waals surface area contributed by atoms with Crippen LogP contribution in [0.1, 0.15) is 29.9 Å². The van der Waals surface area contributed by atoms with E-state index < -0.39 is 54.4 Å². The summed E-state index contributed by atoms with van der Waals surface area (Å²) in [6.07, 6.45) is -2.18. The molecule has 0 unspecified atom stereocenters. The Hall–Kier alpha value is -3.42. The SMILES string of the molecule is Cc1cc(C(F)(F)F)nn1CC(=O)Nc1cnc(-n2cnc(C3(N)CC(F)(F)C3)c2)c(F)c1. The molecule has 0 bridgehead atoms. The zero-order chi connectivity index (χ0) is 24.2. The number of nitrogens with two attached hydrogens (primary N) is 1. The topological polar surface area (TPSA) is 104 Å². The highest BCUT2D eigenvalue weighted by Crippen LogP contribution is 2.49. The van der Waals surface area contributed by atoms with E-state index in [1.54, 1.807) is 0 Å². The van der Waals surface area contributed by atoms with Crippen LogP contribution in [-0.4, -0.2) is 36.1 Å². The molecule has 0 aliphatic heterocycles. The fourth-order valence-electron chi connectivity index (χ4n) is 3.58. The molecule has 4 rings (SSSR count). The number of hydrogen-bond acceptors (Lipinski definition) is 5. The van der Waals surface area contributed by atoms with Crippen molar-refractivity contribution in [2.24, 2.45) is 5.73 Å². The second kappa shape index (κ2) is 7.57. The number of hydrogen-bond donors (Lipinski definition) is 2. The molecule has 33 heavy (non-hydrogen) atoms. The third-order valence-corrected chi connectivity index (χ3v) is 5.16. The summed E-state index contributed by atoms with van der Waals surface area (Å²) < 4.78 is 81.2. The number of carbonyl (C=O) groups excluding carboxylic acids is 1. The number of alkyl halides is 5. The number of nitrogens with zero attached hydrogens (tertiary/aromatic N) is 5. The van der Waals surface area contributed by atoms with Crippen molar-refractivity contribution in [3.63, 3.8) is 0 Å². The van der Waals surface area contributed by atoms with E-state index in [1.807, 2.05) is 0 Å². The number of carbonyl (C=O) groups is 1. The minimum absolute atomic E-state index is 0.0450. The van der Waals surface area contributed by atoms with Crippen LogP contribution in [0.2, 0.25) is 0 Å². The summed E-state index contributed by atoms with van der Waals surface area (Å²) in [6, 6.07) is 1.76. The van der Waals surface area contributed by atoms with E-state index in [9.17, 15) is 31.1 Å². The number of imidazole rings is 1. The lowest BCUT2D eigenvalue weighted by molar-refractivity contribution is -0.141. The van der Waals surface area contributed by atoms with Crippen LogP contribution in [0.3, 0.4) is 0 Å². The van der Waals surface area contributed by atoms with E-state index in [1.165, 1.54) is 24.0 Å². The van der Waals surface area contributed by atoms with Gasteiger partial charge in [-0.25, -0.2) is 23.1 Å². The number of aromatic nitrogens is 5. The Labute approximate surface area is 182 Å². The summed E-state index contributed by atoms with van der Waals surface area (Å²) >= 11 is 0. The fourth-order valence-corrected chi connectivity index (χ4v) is 3.58. The van der Waals surface area contributed by atoms with Crippen LogP contribution in [0, 0.1) is 12.7 Å². The summed E-state index contributed by atoms with van der Waals surface area (Å²) in [4.78, 5) is 20.1. The van der Waals surface area contributed by atoms with Crippen molar-refractivity contribution in [2.75, 3.05) is 5.32 Å². The highest BCUT2D eigenvalue weighted by atomic mass is 19.4. The zero-order valence-corrected chi connectivity index (χ0v) is 17.0. The van der Waals surface area contributed by atoms with E-state index in [4.69, 9.17) is 5.73 Å². The van der Waals surface area contributed by atoms with Gasteiger partial charge in [0.2, 0.25) is 5.91 Å². The first-order valence-corrected chi connectivity index (χ1v) is 9.54. The maximum atomic E-state index is 14.6. The standard InChI is InChI=1S/C19H17F6N7O/c1-10-2-13(19(23,24)25)30-32(10)6-15(33)29-11-3-12(20)16(27-4-11)31-5-14(28-9-31)17(26)7-18(21,22)8-17/h2-5,9H,6-8,26H2,1H3,(H,29,33). The third kappa shape index (κ3) is 4.55. The summed E-state index contributed by atoms with van der Waals surface area (Å²) in [6.45, 7) is 0.834. The van der Waals surface area contributed by atoms with Crippen LogP contribution in [-0.2, 0) is 23.1 Å². The lowest BCUT2D eigenvalue weighted by Gasteiger charge is -2.43. The smallest absolute Gasteiger partial charge is 0.323 e. The molecule has 3 aromatic heterocycles. The molecule has 0 atom stereocenters. The van der Waals surface area contributed by atoms with Gasteiger partial charge in [0.15, 0.2) is 17.3 Å². The quantitative estimate of drug-likeness (QED) is 0.555. The maximum Gasteiger partial charge on any atom is 0.435 e. The minimum atomic E-state index is -4.65. The molecular weight excluding hydrogens is 456 g/mol. The Morgan fingerprint density at radius 1 is 1.24 bits per heavy atom. The predicted molar refractivity (Wildman–Crippen MR) is 102 cm³/mol. The maximum absolute atomic E-state index is 14.6. The van der Waals surface area contributed by atoms with Gasteiger partial charge in [0.25, 0.3) is 5.92 Å². The summed E-state index contributed by atoms with van der Waals surface area (Å²) in [7, 11) is 0. The van der Waals surface area contributed by atoms with Gasteiger partial charge in [-0.3, -0.25) is 14.0 Å². The zero-order valence-electron chi connectivity index (χ0n) is 17.0. The van der Waals surface area contributed by atoms with Gasteiger partial charge < -0.3 is 11.1 Å². The molecule has 8 nitrogen and oxygen atoms in total. The van der Waals surface area contributed by atoms with Gasteiger partial charge in [-0.15, -0.1) is 0 Å². The number of anilines is 1. The monoisotopic (exact) mass is 473 g/mol. The van der Waals surface area contributed by atoms with Crippen molar-refractivity contribution in [2.45, 2.75) is 43.9 Å². The van der Waals surface area contributed by atoms with Crippen LogP contribution < -0.4 is 11.1 Å². The number of aryl methyl sites for hydroxylation is 1. The van der Waals surface area contributed by atoms with E-state index in [0.717, 1.165) is 23.0 Å². The van der Waals surface area contributed by atoms with Crippen molar-refractivity contribution in [3.8, 4) is 5.82 Å². The van der Waals surface area contributed by atoms with Gasteiger partial charge in [0.05, 0.1) is 23.1 Å². The highest BCUT2D eigenvalue weighted by Gasteiger charge is 2.56. The summed E-state index contributed by atoms with van der Waals surface area (Å²) in [5, 5.41) is 5.68. The van der Waals surface area contributed by atoms with Gasteiger partial charge >= 0.3 is 6.18 Å². The molecule has 3 heterocycles. The molecule has 3 aromatic rings. The molecule has 176 valence electrons. The van der Waals surface area contributed by atoms with Gasteiger partial charge in [-0.1, -0.05) is 0 Å². The number of pyridine rings is 1. The van der Waals surface area contributed by atoms with Crippen molar-refractivity contribution < 1.29 is 31.1 Å². The highest BCUT2D eigenvalue weighted by molar-refractivity contribution is 5.90. The van der Waals surface area contributed by atoms with Crippen LogP contribution in [0.15, 0.2) is 30.9 Å². The van der Waals surface area contributed by atoms with E-state index >= 15 is 0 Å². The van der Waals surface area contributed by atoms with Gasteiger partial charge in [-0.2, -0.15) is 18.3 Å². The van der Waals surface area contributed by atoms with Gasteiger partial charge in [0, 0.05) is 30.8 Å². The molecule has 14 heteroatoms. The van der Waals surface area contributed by atoms with Gasteiger partial charge in [-0.05, 0) is 13.0 Å². The Balaban J connectivity index is 1.44. The van der Waals surface area contributed by atoms with Crippen LogP contribution in [0.25, 0.3) is 5.82 Å². The minimum Gasteiger partial charge on any atom is -0.323 e. The second-order valence-corrected chi connectivity index (χ2v) is 7.94. The van der Waals surface area contributed by atoms with E-state index in [0.29, 0.717) is 0 Å². The number of nitrogens with one attached hydrogen (secondary N) is 1. The van der Waals surface area contributed by atoms with Crippen molar-refractivity contribution >= 4 is 11.6 Å². The summed E-state index contributed by atoms with van der Waals surface area (Å²) in [5.74, 6) is -4.69. The Bertz CT molecular complexity index is 1210. The molecular formula is C19H17F6N7O. The fraction of sp³-hybridized carbons (Fsp3) is 0.368. The Morgan fingerprint density at radius 3 is 2.52 bits per heavy atom. The predicted octanol–water partition coefficient (Wildman–Crippen LogP) is 3.15. The molecule has 0 saturated heterocycles. The van der Waals surface area contributed by atoms with Gasteiger partial charge in [0.1, 0.15) is 12.9 Å². The molecule has 1 aliphatic carbocycles. The molecule has 0 spiro atoms. The van der Waals surface area contributed by atoms with Crippen LogP contribution in [0.4, 0.5) is 32.0 Å². The first-order chi connectivity index (χ1) is 15.3. The average Bonchev–Trinajstić information content (AvgIpc) is 3.28. The number of rotatable bonds is 5. The number of halogens is 6. The third-order valence-electron chi connectivity index (χ3n) is 5.16. The largest absolute Gasteiger partial charge is 0.435 e. The van der Waals surface area contributed by atoms with Crippen molar-refractivity contribution in [3.05, 3.63) is 53.8 Å². The molecule has 1 saturated carbocycles. The Morgan fingerprint density at radius 2 is 1.94 bits per heavy atom. The number of amides is 1.